The summed E-state index contributed by atoms with van der Waals surface area (Å²) < 4.78 is 29.7. The number of pyridine rings is 3. The van der Waals surface area contributed by atoms with Crippen molar-refractivity contribution < 1.29 is 13.6 Å². The van der Waals surface area contributed by atoms with E-state index < -0.39 is 28.5 Å². The van der Waals surface area contributed by atoms with Crippen LogP contribution in [0.15, 0.2) is 70.6 Å². The molecule has 0 atom stereocenters. The molecule has 0 fully saturated rings. The average molecular weight is 489 g/mol. The molecule has 3 heterocycles. The van der Waals surface area contributed by atoms with Gasteiger partial charge in [-0.25, -0.2) is 8.78 Å². The fraction of sp³-hybridized carbons (Fsp3) is 0.0476. The van der Waals surface area contributed by atoms with Gasteiger partial charge in [-0.15, -0.1) is 17.0 Å². The van der Waals surface area contributed by atoms with E-state index in [4.69, 9.17) is 0 Å². The number of hydrogen-bond donors (Lipinski definition) is 2. The average Bonchev–Trinajstić information content (AvgIpc) is 2.73. The number of rotatable bonds is 4. The molecule has 0 bridgehead atoms. The number of nitrogens with one attached hydrogen (secondary N) is 2. The van der Waals surface area contributed by atoms with E-state index in [0.717, 1.165) is 12.1 Å². The summed E-state index contributed by atoms with van der Waals surface area (Å²) in [6.07, 6.45) is 4.14. The van der Waals surface area contributed by atoms with Crippen LogP contribution in [0.5, 0.6) is 0 Å². The Morgan fingerprint density at radius 3 is 2.39 bits per heavy atom. The predicted molar refractivity (Wildman–Crippen MR) is 117 cm³/mol. The lowest BCUT2D eigenvalue weighted by atomic mass is 10.1. The Morgan fingerprint density at radius 1 is 1.03 bits per heavy atom. The molecule has 158 valence electrons. The Labute approximate surface area is 184 Å². The van der Waals surface area contributed by atoms with E-state index in [9.17, 15) is 23.2 Å². The minimum Gasteiger partial charge on any atom is -0.341 e. The van der Waals surface area contributed by atoms with Crippen LogP contribution in [0.1, 0.15) is 15.9 Å². The smallest absolute Gasteiger partial charge is 0.261 e. The molecule has 0 unspecified atom stereocenters. The van der Waals surface area contributed by atoms with Gasteiger partial charge in [-0.2, -0.15) is 0 Å². The van der Waals surface area contributed by atoms with Gasteiger partial charge in [0.05, 0.1) is 12.1 Å². The minimum absolute atomic E-state index is 0. The fourth-order valence-electron chi connectivity index (χ4n) is 3.08. The van der Waals surface area contributed by atoms with Crippen molar-refractivity contribution in [1.29, 1.82) is 0 Å². The first kappa shape index (κ1) is 22.0. The normalized spacial score (nSPS) is 10.5. The topological polar surface area (TPSA) is 96.8 Å². The van der Waals surface area contributed by atoms with Crippen molar-refractivity contribution in [2.45, 2.75) is 6.54 Å². The van der Waals surface area contributed by atoms with E-state index in [-0.39, 0.29) is 45.7 Å². The van der Waals surface area contributed by atoms with E-state index in [1.165, 1.54) is 53.5 Å². The summed E-state index contributed by atoms with van der Waals surface area (Å²) in [5.74, 6) is -2.27. The second-order valence-corrected chi connectivity index (χ2v) is 6.47. The summed E-state index contributed by atoms with van der Waals surface area (Å²) in [7, 11) is 0. The number of carbonyl (C=O) groups excluding carboxylic acids is 1. The molecule has 0 spiro atoms. The van der Waals surface area contributed by atoms with Crippen LogP contribution in [0.2, 0.25) is 0 Å². The number of hydrogen-bond acceptors (Lipinski definition) is 4. The number of anilines is 1. The van der Waals surface area contributed by atoms with E-state index in [0.29, 0.717) is 5.69 Å². The summed E-state index contributed by atoms with van der Waals surface area (Å²) >= 11 is 0. The van der Waals surface area contributed by atoms with Crippen molar-refractivity contribution in [3.8, 4) is 0 Å². The zero-order valence-electron chi connectivity index (χ0n) is 15.8. The molecule has 0 saturated carbocycles. The monoisotopic (exact) mass is 488 g/mol. The van der Waals surface area contributed by atoms with E-state index >= 15 is 0 Å². The Bertz CT molecular complexity index is 1370. The summed E-state index contributed by atoms with van der Waals surface area (Å²) in [4.78, 5) is 43.6. The highest BCUT2D eigenvalue weighted by Crippen LogP contribution is 2.17. The highest BCUT2D eigenvalue weighted by Gasteiger charge is 2.18. The Morgan fingerprint density at radius 2 is 1.71 bits per heavy atom. The van der Waals surface area contributed by atoms with Gasteiger partial charge in [0.2, 0.25) is 11.0 Å². The number of nitrogens with zero attached hydrogens (tertiary/aromatic N) is 2. The van der Waals surface area contributed by atoms with E-state index in [1.54, 1.807) is 0 Å². The number of benzene rings is 1. The quantitative estimate of drug-likeness (QED) is 0.460. The fourth-order valence-corrected chi connectivity index (χ4v) is 3.08. The summed E-state index contributed by atoms with van der Waals surface area (Å²) in [6, 6.07) is 9.08. The van der Waals surface area contributed by atoms with Crippen LogP contribution in [0.4, 0.5) is 14.5 Å². The third-order valence-corrected chi connectivity index (χ3v) is 4.54. The Hall–Kier alpha value is -3.66. The van der Waals surface area contributed by atoms with Crippen LogP contribution in [-0.4, -0.2) is 20.4 Å². The lowest BCUT2D eigenvalue weighted by Gasteiger charge is -2.14. The zero-order valence-corrected chi connectivity index (χ0v) is 17.5. The van der Waals surface area contributed by atoms with E-state index in [1.807, 2.05) is 0 Å². The molecular weight excluding hydrogens is 474 g/mol. The maximum atomic E-state index is 14.2. The largest absolute Gasteiger partial charge is 0.341 e. The number of aromatic nitrogens is 3. The third-order valence-electron chi connectivity index (χ3n) is 4.54. The lowest BCUT2D eigenvalue weighted by molar-refractivity contribution is 0.102. The molecule has 2 N–H and O–H groups in total. The Balaban J connectivity index is 0.00000272. The maximum absolute atomic E-state index is 14.2. The molecule has 4 aromatic rings. The summed E-state index contributed by atoms with van der Waals surface area (Å²) in [6.45, 7) is -0.295. The molecule has 1 amide bonds. The molecule has 0 saturated heterocycles. The van der Waals surface area contributed by atoms with Crippen molar-refractivity contribution in [1.82, 2.24) is 14.5 Å². The number of amides is 1. The minimum atomic E-state index is -0.769. The lowest BCUT2D eigenvalue weighted by Crippen LogP contribution is -2.26. The number of halogens is 3. The molecule has 31 heavy (non-hydrogen) atoms. The first-order valence-corrected chi connectivity index (χ1v) is 8.85. The van der Waals surface area contributed by atoms with Crippen LogP contribution < -0.4 is 16.3 Å². The maximum Gasteiger partial charge on any atom is 0.261 e. The van der Waals surface area contributed by atoms with Crippen molar-refractivity contribution in [2.24, 2.45) is 0 Å². The highest BCUT2D eigenvalue weighted by atomic mass is 79.9. The second kappa shape index (κ2) is 9.00. The molecule has 7 nitrogen and oxygen atoms in total. The van der Waals surface area contributed by atoms with Crippen LogP contribution in [0, 0.1) is 11.6 Å². The van der Waals surface area contributed by atoms with Gasteiger partial charge in [0, 0.05) is 35.9 Å². The van der Waals surface area contributed by atoms with Crippen molar-refractivity contribution in [3.05, 3.63) is 104 Å². The van der Waals surface area contributed by atoms with Gasteiger partial charge in [-0.1, -0.05) is 6.07 Å². The predicted octanol–water partition coefficient (Wildman–Crippen LogP) is 3.24. The molecule has 4 rings (SSSR count). The van der Waals surface area contributed by atoms with Crippen LogP contribution in [0.3, 0.4) is 0 Å². The van der Waals surface area contributed by atoms with Crippen LogP contribution in [0.25, 0.3) is 11.0 Å². The molecule has 3 aromatic heterocycles. The van der Waals surface area contributed by atoms with Crippen LogP contribution in [-0.2, 0) is 6.54 Å². The van der Waals surface area contributed by atoms with Crippen molar-refractivity contribution in [3.63, 3.8) is 0 Å². The van der Waals surface area contributed by atoms with Gasteiger partial charge in [0.1, 0.15) is 22.7 Å². The van der Waals surface area contributed by atoms with Crippen molar-refractivity contribution in [2.75, 3.05) is 5.32 Å². The molecular formula is C21H15BrF2N4O3. The number of carbonyl (C=O) groups is 1. The second-order valence-electron chi connectivity index (χ2n) is 6.47. The van der Waals surface area contributed by atoms with Gasteiger partial charge in [-0.05, 0) is 30.3 Å². The van der Waals surface area contributed by atoms with Gasteiger partial charge < -0.3 is 14.9 Å². The van der Waals surface area contributed by atoms with E-state index in [2.05, 4.69) is 15.3 Å². The van der Waals surface area contributed by atoms with Gasteiger partial charge in [-0.3, -0.25) is 19.4 Å². The number of fused-ring (bicyclic) bond motifs is 1. The Kier molecular flexibility index (Phi) is 6.40. The van der Waals surface area contributed by atoms with Gasteiger partial charge >= 0.3 is 0 Å². The first-order valence-electron chi connectivity index (χ1n) is 8.85. The highest BCUT2D eigenvalue weighted by molar-refractivity contribution is 8.93. The van der Waals surface area contributed by atoms with Crippen molar-refractivity contribution >= 4 is 39.6 Å². The summed E-state index contributed by atoms with van der Waals surface area (Å²) in [5, 5.41) is 2.56. The number of aromatic amines is 1. The molecule has 0 radical (unpaired) electrons. The standard InChI is InChI=1S/C21H14F2N4O3.BrH/c22-15-2-1-3-16(23)13(15)10-27-11-14(21(30)25-12-6-8-24-9-7-12)20(29)19-17(27)4-5-18(28)26-19;/h1-9,11H,10H2,(H,26,28)(H,24,25,30);1H. The number of H-pyrrole nitrogens is 1. The third kappa shape index (κ3) is 4.43. The molecule has 0 aliphatic carbocycles. The van der Waals surface area contributed by atoms with Gasteiger partial charge in [0.25, 0.3) is 5.91 Å². The first-order chi connectivity index (χ1) is 14.4. The SMILES string of the molecule is Br.O=C(Nc1ccncc1)c1cn(Cc2c(F)cccc2F)c2ccc(=O)[nH]c2c1=O. The molecule has 1 aromatic carbocycles. The molecule has 0 aliphatic heterocycles. The molecule has 0 aliphatic rings. The van der Waals surface area contributed by atoms with Crippen LogP contribution >= 0.6 is 17.0 Å². The molecule has 10 heteroatoms. The zero-order chi connectivity index (χ0) is 21.3. The summed E-state index contributed by atoms with van der Waals surface area (Å²) in [5.41, 5.74) is -1.30. The van der Waals surface area contributed by atoms with Gasteiger partial charge in [0.15, 0.2) is 0 Å².